The summed E-state index contributed by atoms with van der Waals surface area (Å²) in [5, 5.41) is 3.04. The highest BCUT2D eigenvalue weighted by Gasteiger charge is 2.48. The topological polar surface area (TPSA) is 119 Å². The fourth-order valence-corrected chi connectivity index (χ4v) is 6.44. The van der Waals surface area contributed by atoms with Crippen LogP contribution in [0.5, 0.6) is 0 Å². The first-order valence-electron chi connectivity index (χ1n) is 11.3. The Morgan fingerprint density at radius 2 is 1.76 bits per heavy atom. The third kappa shape index (κ3) is 4.66. The van der Waals surface area contributed by atoms with Crippen molar-refractivity contribution < 1.29 is 33.4 Å². The number of thiophene rings is 1. The van der Waals surface area contributed by atoms with Gasteiger partial charge in [0.25, 0.3) is 5.91 Å². The number of hydrogen-bond acceptors (Lipinski definition) is 8. The van der Waals surface area contributed by atoms with Gasteiger partial charge in [-0.3, -0.25) is 24.1 Å². The quantitative estimate of drug-likeness (QED) is 0.494. The van der Waals surface area contributed by atoms with Crippen LogP contribution in [0.15, 0.2) is 0 Å². The van der Waals surface area contributed by atoms with Crippen LogP contribution in [0, 0.1) is 17.8 Å². The Morgan fingerprint density at radius 1 is 1.09 bits per heavy atom. The van der Waals surface area contributed by atoms with Gasteiger partial charge in [0.2, 0.25) is 11.8 Å². The van der Waals surface area contributed by atoms with Crippen molar-refractivity contribution in [3.8, 4) is 0 Å². The normalized spacial score (nSPS) is 24.2. The van der Waals surface area contributed by atoms with Gasteiger partial charge < -0.3 is 14.8 Å². The number of rotatable bonds is 6. The molecule has 0 radical (unpaired) electrons. The van der Waals surface area contributed by atoms with E-state index in [1.54, 1.807) is 0 Å². The summed E-state index contributed by atoms with van der Waals surface area (Å²) in [6, 6.07) is 0. The first-order chi connectivity index (χ1) is 15.8. The molecule has 1 saturated heterocycles. The second-order valence-electron chi connectivity index (χ2n) is 9.02. The molecule has 178 valence electrons. The molecular weight excluding hydrogens is 448 g/mol. The van der Waals surface area contributed by atoms with Crippen LogP contribution in [0.3, 0.4) is 0 Å². The number of nitrogens with zero attached hydrogens (tertiary/aromatic N) is 1. The second kappa shape index (κ2) is 9.62. The minimum absolute atomic E-state index is 0.327. The van der Waals surface area contributed by atoms with Crippen molar-refractivity contribution >= 4 is 46.0 Å². The zero-order valence-electron chi connectivity index (χ0n) is 18.8. The molecule has 1 aromatic heterocycles. The van der Waals surface area contributed by atoms with Crippen LogP contribution in [0.25, 0.3) is 0 Å². The molecule has 0 bridgehead atoms. The first-order valence-corrected chi connectivity index (χ1v) is 12.1. The van der Waals surface area contributed by atoms with Crippen molar-refractivity contribution in [2.24, 2.45) is 17.8 Å². The number of esters is 2. The van der Waals surface area contributed by atoms with Crippen LogP contribution >= 0.6 is 11.3 Å². The molecule has 33 heavy (non-hydrogen) atoms. The van der Waals surface area contributed by atoms with E-state index >= 15 is 0 Å². The second-order valence-corrected chi connectivity index (χ2v) is 10.1. The molecule has 1 aliphatic heterocycles. The molecule has 0 aromatic carbocycles. The van der Waals surface area contributed by atoms with Gasteiger partial charge in [-0.15, -0.1) is 11.3 Å². The molecule has 3 aliphatic rings. The lowest BCUT2D eigenvalue weighted by Gasteiger charge is -2.19. The molecule has 3 atom stereocenters. The molecule has 0 spiro atoms. The molecule has 10 heteroatoms. The number of hydrogen-bond donors (Lipinski definition) is 1. The first kappa shape index (κ1) is 23.4. The van der Waals surface area contributed by atoms with E-state index in [2.05, 4.69) is 12.2 Å². The van der Waals surface area contributed by atoms with Crippen molar-refractivity contribution in [3.05, 3.63) is 16.0 Å². The Balaban J connectivity index is 1.35. The molecule has 4 rings (SSSR count). The van der Waals surface area contributed by atoms with Crippen LogP contribution in [0.1, 0.15) is 59.8 Å². The van der Waals surface area contributed by atoms with Crippen molar-refractivity contribution in [1.82, 2.24) is 4.90 Å². The van der Waals surface area contributed by atoms with E-state index in [1.807, 2.05) is 0 Å². The zero-order chi connectivity index (χ0) is 23.7. The summed E-state index contributed by atoms with van der Waals surface area (Å²) >= 11 is 1.34. The summed E-state index contributed by atoms with van der Waals surface area (Å²) < 4.78 is 9.93. The standard InChI is InChI=1S/C23H28N2O7S/c1-12-7-8-15-16(9-12)33-20(19(15)23(30)31-2)24-17(26)11-32-18(27)10-25-21(28)13-5-3-4-6-14(13)22(25)29/h12-14H,3-11H2,1-2H3,(H,24,26). The smallest absolute Gasteiger partial charge is 0.341 e. The maximum Gasteiger partial charge on any atom is 0.341 e. The number of carbonyl (C=O) groups is 5. The molecule has 3 unspecified atom stereocenters. The Morgan fingerprint density at radius 3 is 2.39 bits per heavy atom. The highest BCUT2D eigenvalue weighted by Crippen LogP contribution is 2.40. The predicted octanol–water partition coefficient (Wildman–Crippen LogP) is 2.32. The van der Waals surface area contributed by atoms with Crippen molar-refractivity contribution in [2.45, 2.75) is 51.9 Å². The Kier molecular flexibility index (Phi) is 6.83. The fraction of sp³-hybridized carbons (Fsp3) is 0.609. The lowest BCUT2D eigenvalue weighted by atomic mass is 9.81. The van der Waals surface area contributed by atoms with Crippen LogP contribution in [0.2, 0.25) is 0 Å². The lowest BCUT2D eigenvalue weighted by Crippen LogP contribution is -2.37. The predicted molar refractivity (Wildman–Crippen MR) is 119 cm³/mol. The number of imide groups is 1. The number of amides is 3. The number of methoxy groups -OCH3 is 1. The van der Waals surface area contributed by atoms with E-state index in [0.717, 1.165) is 47.4 Å². The highest BCUT2D eigenvalue weighted by atomic mass is 32.1. The van der Waals surface area contributed by atoms with Crippen LogP contribution < -0.4 is 5.32 Å². The molecule has 1 saturated carbocycles. The van der Waals surface area contributed by atoms with Gasteiger partial charge in [-0.2, -0.15) is 0 Å². The minimum Gasteiger partial charge on any atom is -0.465 e. The van der Waals surface area contributed by atoms with E-state index in [-0.39, 0.29) is 23.7 Å². The summed E-state index contributed by atoms with van der Waals surface area (Å²) in [6.45, 7) is 1.07. The van der Waals surface area contributed by atoms with E-state index in [0.29, 0.717) is 29.3 Å². The number of anilines is 1. The Labute approximate surface area is 195 Å². The zero-order valence-corrected chi connectivity index (χ0v) is 19.6. The van der Waals surface area contributed by atoms with Crippen LogP contribution in [-0.4, -0.2) is 54.8 Å². The summed E-state index contributed by atoms with van der Waals surface area (Å²) in [6.07, 6.45) is 5.64. The van der Waals surface area contributed by atoms with Gasteiger partial charge in [0.05, 0.1) is 24.5 Å². The van der Waals surface area contributed by atoms with Gasteiger partial charge in [0, 0.05) is 4.88 Å². The number of carbonyl (C=O) groups excluding carboxylic acids is 5. The van der Waals surface area contributed by atoms with Crippen LogP contribution in [0.4, 0.5) is 5.00 Å². The molecule has 9 nitrogen and oxygen atoms in total. The van der Waals surface area contributed by atoms with Crippen molar-refractivity contribution in [3.63, 3.8) is 0 Å². The summed E-state index contributed by atoms with van der Waals surface area (Å²) in [5.74, 6) is -2.78. The average molecular weight is 477 g/mol. The van der Waals surface area contributed by atoms with Gasteiger partial charge in [0.15, 0.2) is 6.61 Å². The van der Waals surface area contributed by atoms with E-state index < -0.39 is 31.0 Å². The summed E-state index contributed by atoms with van der Waals surface area (Å²) in [5.41, 5.74) is 1.27. The largest absolute Gasteiger partial charge is 0.465 e. The molecule has 1 aromatic rings. The van der Waals surface area contributed by atoms with Gasteiger partial charge in [-0.1, -0.05) is 19.8 Å². The van der Waals surface area contributed by atoms with Gasteiger partial charge >= 0.3 is 11.9 Å². The van der Waals surface area contributed by atoms with Gasteiger partial charge in [-0.05, 0) is 43.6 Å². The molecular formula is C23H28N2O7S. The van der Waals surface area contributed by atoms with E-state index in [1.165, 1.54) is 18.4 Å². The third-order valence-electron chi connectivity index (χ3n) is 6.74. The number of fused-ring (bicyclic) bond motifs is 2. The molecule has 3 amide bonds. The monoisotopic (exact) mass is 476 g/mol. The summed E-state index contributed by atoms with van der Waals surface area (Å²) in [4.78, 5) is 64.0. The average Bonchev–Trinajstić information content (AvgIpc) is 3.27. The Bertz CT molecular complexity index is 977. The van der Waals surface area contributed by atoms with Crippen molar-refractivity contribution in [2.75, 3.05) is 25.6 Å². The molecule has 2 fully saturated rings. The molecule has 2 aliphatic carbocycles. The number of likely N-dealkylation sites (tertiary alicyclic amines) is 1. The SMILES string of the molecule is COC(=O)c1c(NC(=O)COC(=O)CN2C(=O)C3CCCCC3C2=O)sc2c1CCC(C)C2. The summed E-state index contributed by atoms with van der Waals surface area (Å²) in [7, 11) is 1.29. The van der Waals surface area contributed by atoms with Gasteiger partial charge in [0.1, 0.15) is 11.5 Å². The third-order valence-corrected chi connectivity index (χ3v) is 7.91. The Hall–Kier alpha value is -2.75. The molecule has 1 N–H and O–H groups in total. The maximum absolute atomic E-state index is 12.5. The van der Waals surface area contributed by atoms with Gasteiger partial charge in [-0.25, -0.2) is 4.79 Å². The highest BCUT2D eigenvalue weighted by molar-refractivity contribution is 7.17. The van der Waals surface area contributed by atoms with E-state index in [9.17, 15) is 24.0 Å². The maximum atomic E-state index is 12.5. The minimum atomic E-state index is -0.821. The van der Waals surface area contributed by atoms with E-state index in [4.69, 9.17) is 9.47 Å². The number of ether oxygens (including phenoxy) is 2. The van der Waals surface area contributed by atoms with Crippen LogP contribution in [-0.2, 0) is 41.5 Å². The molecule has 2 heterocycles. The lowest BCUT2D eigenvalue weighted by molar-refractivity contribution is -0.154. The van der Waals surface area contributed by atoms with Crippen molar-refractivity contribution in [1.29, 1.82) is 0 Å². The fourth-order valence-electron chi connectivity index (χ4n) is 5.03. The number of nitrogens with one attached hydrogen (secondary N) is 1.